The monoisotopic (exact) mass is 319 g/mol. The van der Waals surface area contributed by atoms with Gasteiger partial charge in [-0.2, -0.15) is 0 Å². The molecule has 2 heterocycles. The molecule has 0 aliphatic carbocycles. The lowest BCUT2D eigenvalue weighted by Gasteiger charge is -2.28. The SMILES string of the molecule is CCC(N)C(=O)N1c2ccccc2CC1C1=Nc2ccccc2C1. The average molecular weight is 319 g/mol. The van der Waals surface area contributed by atoms with Crippen molar-refractivity contribution in [3.63, 3.8) is 0 Å². The fraction of sp³-hybridized carbons (Fsp3) is 0.300. The Kier molecular flexibility index (Phi) is 3.69. The molecule has 2 aromatic rings. The molecule has 4 heteroatoms. The van der Waals surface area contributed by atoms with E-state index in [1.54, 1.807) is 0 Å². The Morgan fingerprint density at radius 3 is 2.67 bits per heavy atom. The number of hydrogen-bond acceptors (Lipinski definition) is 3. The van der Waals surface area contributed by atoms with Crippen LogP contribution in [0, 0.1) is 0 Å². The van der Waals surface area contributed by atoms with Crippen LogP contribution in [-0.2, 0) is 17.6 Å². The van der Waals surface area contributed by atoms with Crippen molar-refractivity contribution in [3.05, 3.63) is 59.7 Å². The van der Waals surface area contributed by atoms with E-state index < -0.39 is 6.04 Å². The quantitative estimate of drug-likeness (QED) is 0.945. The topological polar surface area (TPSA) is 58.7 Å². The summed E-state index contributed by atoms with van der Waals surface area (Å²) in [6.07, 6.45) is 2.25. The van der Waals surface area contributed by atoms with Gasteiger partial charge in [0, 0.05) is 24.2 Å². The molecule has 4 nitrogen and oxygen atoms in total. The molecule has 0 saturated heterocycles. The number of nitrogens with zero attached hydrogens (tertiary/aromatic N) is 2. The van der Waals surface area contributed by atoms with Gasteiger partial charge in [0.15, 0.2) is 0 Å². The first-order valence-corrected chi connectivity index (χ1v) is 8.51. The molecule has 2 aromatic carbocycles. The van der Waals surface area contributed by atoms with Crippen LogP contribution in [0.1, 0.15) is 24.5 Å². The summed E-state index contributed by atoms with van der Waals surface area (Å²) < 4.78 is 0. The van der Waals surface area contributed by atoms with E-state index in [1.807, 2.05) is 48.2 Å². The summed E-state index contributed by atoms with van der Waals surface area (Å²) in [5, 5.41) is 0. The number of hydrogen-bond donors (Lipinski definition) is 1. The molecule has 2 aliphatic heterocycles. The van der Waals surface area contributed by atoms with E-state index in [2.05, 4.69) is 12.1 Å². The van der Waals surface area contributed by atoms with E-state index in [9.17, 15) is 4.79 Å². The van der Waals surface area contributed by atoms with Gasteiger partial charge >= 0.3 is 0 Å². The maximum atomic E-state index is 12.9. The second kappa shape index (κ2) is 5.87. The van der Waals surface area contributed by atoms with Gasteiger partial charge in [0.2, 0.25) is 5.91 Å². The van der Waals surface area contributed by atoms with E-state index in [-0.39, 0.29) is 11.9 Å². The number of amides is 1. The van der Waals surface area contributed by atoms with Crippen molar-refractivity contribution < 1.29 is 4.79 Å². The molecular weight excluding hydrogens is 298 g/mol. The Labute approximate surface area is 142 Å². The maximum Gasteiger partial charge on any atom is 0.244 e. The standard InChI is InChI=1S/C20H21N3O/c1-2-15(21)20(24)23-18-10-6-4-8-14(18)12-19(23)17-11-13-7-3-5-9-16(13)22-17/h3-10,15,19H,2,11-12,21H2,1H3. The van der Waals surface area contributed by atoms with Crippen molar-refractivity contribution in [2.75, 3.05) is 4.90 Å². The number of carbonyl (C=O) groups is 1. The molecule has 2 atom stereocenters. The molecule has 0 aromatic heterocycles. The van der Waals surface area contributed by atoms with Gasteiger partial charge in [-0.1, -0.05) is 43.3 Å². The molecule has 24 heavy (non-hydrogen) atoms. The van der Waals surface area contributed by atoms with Crippen LogP contribution >= 0.6 is 0 Å². The molecule has 2 aliphatic rings. The number of fused-ring (bicyclic) bond motifs is 2. The van der Waals surface area contributed by atoms with Crippen molar-refractivity contribution in [1.29, 1.82) is 0 Å². The minimum absolute atomic E-state index is 0.00824. The highest BCUT2D eigenvalue weighted by molar-refractivity contribution is 6.09. The van der Waals surface area contributed by atoms with Crippen LogP contribution in [0.15, 0.2) is 53.5 Å². The third-order valence-electron chi connectivity index (χ3n) is 4.98. The van der Waals surface area contributed by atoms with Gasteiger partial charge in [0.1, 0.15) is 0 Å². The molecule has 4 rings (SSSR count). The van der Waals surface area contributed by atoms with E-state index in [4.69, 9.17) is 10.7 Å². The zero-order valence-electron chi connectivity index (χ0n) is 13.8. The highest BCUT2D eigenvalue weighted by atomic mass is 16.2. The molecule has 2 N–H and O–H groups in total. The predicted octanol–water partition coefficient (Wildman–Crippen LogP) is 3.01. The first kappa shape index (κ1) is 15.1. The average Bonchev–Trinajstić information content (AvgIpc) is 3.21. The zero-order chi connectivity index (χ0) is 16.7. The third-order valence-corrected chi connectivity index (χ3v) is 4.98. The highest BCUT2D eigenvalue weighted by Gasteiger charge is 2.39. The van der Waals surface area contributed by atoms with Gasteiger partial charge in [0.25, 0.3) is 0 Å². The van der Waals surface area contributed by atoms with Gasteiger partial charge in [-0.15, -0.1) is 0 Å². The van der Waals surface area contributed by atoms with Crippen LogP contribution in [0.4, 0.5) is 11.4 Å². The number of aliphatic imine (C=N–C) groups is 1. The summed E-state index contributed by atoms with van der Waals surface area (Å²) >= 11 is 0. The molecule has 0 spiro atoms. The number of para-hydroxylation sites is 2. The fourth-order valence-corrected chi connectivity index (χ4v) is 3.63. The number of carbonyl (C=O) groups excluding carboxylic acids is 1. The summed E-state index contributed by atoms with van der Waals surface area (Å²) in [5.41, 5.74) is 11.6. The summed E-state index contributed by atoms with van der Waals surface area (Å²) in [5.74, 6) is -0.00824. The molecule has 1 amide bonds. The predicted molar refractivity (Wildman–Crippen MR) is 96.9 cm³/mol. The second-order valence-corrected chi connectivity index (χ2v) is 6.48. The molecule has 0 radical (unpaired) electrons. The van der Waals surface area contributed by atoms with Gasteiger partial charge in [-0.25, -0.2) is 0 Å². The van der Waals surface area contributed by atoms with Crippen molar-refractivity contribution >= 4 is 23.0 Å². The van der Waals surface area contributed by atoms with E-state index in [0.29, 0.717) is 6.42 Å². The lowest BCUT2D eigenvalue weighted by molar-refractivity contribution is -0.120. The normalized spacial score (nSPS) is 19.7. The summed E-state index contributed by atoms with van der Waals surface area (Å²) in [6, 6.07) is 15.8. The lowest BCUT2D eigenvalue weighted by Crippen LogP contribution is -2.50. The van der Waals surface area contributed by atoms with Crippen LogP contribution in [0.5, 0.6) is 0 Å². The van der Waals surface area contributed by atoms with Gasteiger partial charge in [0.05, 0.1) is 17.8 Å². The molecule has 2 unspecified atom stereocenters. The van der Waals surface area contributed by atoms with Crippen LogP contribution in [-0.4, -0.2) is 23.7 Å². The summed E-state index contributed by atoms with van der Waals surface area (Å²) in [7, 11) is 0. The van der Waals surface area contributed by atoms with Crippen LogP contribution in [0.25, 0.3) is 0 Å². The van der Waals surface area contributed by atoms with Crippen molar-refractivity contribution in [3.8, 4) is 0 Å². The van der Waals surface area contributed by atoms with E-state index in [0.717, 1.165) is 29.9 Å². The van der Waals surface area contributed by atoms with Crippen LogP contribution in [0.2, 0.25) is 0 Å². The summed E-state index contributed by atoms with van der Waals surface area (Å²) in [4.78, 5) is 19.6. The molecule has 0 bridgehead atoms. The summed E-state index contributed by atoms with van der Waals surface area (Å²) in [6.45, 7) is 1.95. The van der Waals surface area contributed by atoms with Crippen LogP contribution in [0.3, 0.4) is 0 Å². The number of anilines is 1. The molecule has 0 saturated carbocycles. The second-order valence-electron chi connectivity index (χ2n) is 6.48. The fourth-order valence-electron chi connectivity index (χ4n) is 3.63. The lowest BCUT2D eigenvalue weighted by atomic mass is 10.0. The minimum atomic E-state index is -0.469. The largest absolute Gasteiger partial charge is 0.320 e. The molecule has 122 valence electrons. The van der Waals surface area contributed by atoms with Crippen molar-refractivity contribution in [1.82, 2.24) is 0 Å². The number of nitrogens with two attached hydrogens (primary N) is 1. The Bertz CT molecular complexity index is 827. The van der Waals surface area contributed by atoms with Gasteiger partial charge in [-0.05, 0) is 29.7 Å². The molecular formula is C20H21N3O. The Morgan fingerprint density at radius 2 is 1.92 bits per heavy atom. The maximum absolute atomic E-state index is 12.9. The van der Waals surface area contributed by atoms with Crippen LogP contribution < -0.4 is 10.6 Å². The van der Waals surface area contributed by atoms with E-state index in [1.165, 1.54) is 11.1 Å². The Hall–Kier alpha value is -2.46. The Balaban J connectivity index is 1.72. The highest BCUT2D eigenvalue weighted by Crippen LogP contribution is 2.37. The first-order chi connectivity index (χ1) is 11.7. The zero-order valence-corrected chi connectivity index (χ0v) is 13.8. The third kappa shape index (κ3) is 2.34. The number of benzene rings is 2. The smallest absolute Gasteiger partial charge is 0.244 e. The van der Waals surface area contributed by atoms with Crippen molar-refractivity contribution in [2.24, 2.45) is 10.7 Å². The van der Waals surface area contributed by atoms with Crippen molar-refractivity contribution in [2.45, 2.75) is 38.3 Å². The molecule has 0 fully saturated rings. The van der Waals surface area contributed by atoms with Gasteiger partial charge in [-0.3, -0.25) is 9.79 Å². The minimum Gasteiger partial charge on any atom is -0.320 e. The number of rotatable bonds is 3. The Morgan fingerprint density at radius 1 is 1.21 bits per heavy atom. The first-order valence-electron chi connectivity index (χ1n) is 8.51. The van der Waals surface area contributed by atoms with E-state index >= 15 is 0 Å². The van der Waals surface area contributed by atoms with Gasteiger partial charge < -0.3 is 10.6 Å².